The number of carbonyl (C=O) groups excluding carboxylic acids is 5. The van der Waals surface area contributed by atoms with E-state index in [9.17, 15) is 24.0 Å². The van der Waals surface area contributed by atoms with Gasteiger partial charge in [0.05, 0.1) is 32.4 Å². The van der Waals surface area contributed by atoms with E-state index in [1.807, 2.05) is 93.3 Å². The molecule has 2 saturated heterocycles. The number of ether oxygens (including phenoxy) is 2. The lowest BCUT2D eigenvalue weighted by Gasteiger charge is -2.29. The van der Waals surface area contributed by atoms with Gasteiger partial charge < -0.3 is 30.7 Å². The molecular formula is C40H57N5O7. The van der Waals surface area contributed by atoms with Gasteiger partial charge in [0.15, 0.2) is 5.78 Å². The second kappa shape index (κ2) is 19.6. The summed E-state index contributed by atoms with van der Waals surface area (Å²) in [5, 5.41) is 11.7. The topological polar surface area (TPSA) is 158 Å². The van der Waals surface area contributed by atoms with Crippen molar-refractivity contribution in [2.24, 2.45) is 11.8 Å². The fraction of sp³-hybridized carbons (Fsp3) is 0.575. The number of benzene rings is 2. The number of aryl methyl sites for hydroxylation is 1. The average Bonchev–Trinajstić information content (AvgIpc) is 3.87. The summed E-state index contributed by atoms with van der Waals surface area (Å²) in [6.07, 6.45) is 1.76. The van der Waals surface area contributed by atoms with E-state index < -0.39 is 47.5 Å². The van der Waals surface area contributed by atoms with Crippen LogP contribution in [0.3, 0.4) is 0 Å². The van der Waals surface area contributed by atoms with Gasteiger partial charge in [0, 0.05) is 19.5 Å². The number of epoxide rings is 1. The number of hydrogen-bond donors (Lipinski definition) is 4. The molecule has 2 fully saturated rings. The van der Waals surface area contributed by atoms with Crippen LogP contribution in [0.1, 0.15) is 65.0 Å². The summed E-state index contributed by atoms with van der Waals surface area (Å²) in [5.41, 5.74) is 0.915. The fourth-order valence-corrected chi connectivity index (χ4v) is 6.33. The highest BCUT2D eigenvalue weighted by molar-refractivity contribution is 5.98. The van der Waals surface area contributed by atoms with Crippen molar-refractivity contribution in [3.8, 4) is 0 Å². The maximum Gasteiger partial charge on any atom is 0.243 e. The molecule has 4 rings (SSSR count). The van der Waals surface area contributed by atoms with Crippen molar-refractivity contribution in [2.75, 3.05) is 39.5 Å². The van der Waals surface area contributed by atoms with Crippen LogP contribution in [0.25, 0.3) is 0 Å². The van der Waals surface area contributed by atoms with Gasteiger partial charge in [-0.2, -0.15) is 0 Å². The van der Waals surface area contributed by atoms with E-state index >= 15 is 0 Å². The quantitative estimate of drug-likeness (QED) is 0.152. The Morgan fingerprint density at radius 2 is 1.19 bits per heavy atom. The summed E-state index contributed by atoms with van der Waals surface area (Å²) < 4.78 is 10.8. The monoisotopic (exact) mass is 719 g/mol. The van der Waals surface area contributed by atoms with Crippen LogP contribution in [-0.4, -0.2) is 104 Å². The highest BCUT2D eigenvalue weighted by Gasteiger charge is 2.50. The largest absolute Gasteiger partial charge is 0.379 e. The van der Waals surface area contributed by atoms with Crippen molar-refractivity contribution in [2.45, 2.75) is 96.5 Å². The number of carbonyl (C=O) groups is 5. The first kappa shape index (κ1) is 40.6. The zero-order chi connectivity index (χ0) is 37.7. The van der Waals surface area contributed by atoms with Gasteiger partial charge in [-0.05, 0) is 55.6 Å². The minimum atomic E-state index is -1.03. The van der Waals surface area contributed by atoms with Gasteiger partial charge in [-0.15, -0.1) is 0 Å². The first-order valence-electron chi connectivity index (χ1n) is 18.6. The highest BCUT2D eigenvalue weighted by Crippen LogP contribution is 2.29. The smallest absolute Gasteiger partial charge is 0.243 e. The molecule has 12 nitrogen and oxygen atoms in total. The first-order chi connectivity index (χ1) is 24.8. The molecule has 12 heteroatoms. The molecule has 0 aromatic heterocycles. The predicted molar refractivity (Wildman–Crippen MR) is 198 cm³/mol. The molecule has 0 bridgehead atoms. The number of ketones is 1. The number of Topliss-reactive ketones (excluding diaryl/α,β-unsaturated/α-hetero) is 1. The van der Waals surface area contributed by atoms with E-state index in [1.165, 1.54) is 0 Å². The van der Waals surface area contributed by atoms with Crippen molar-refractivity contribution in [1.29, 1.82) is 0 Å². The molecule has 5 atom stereocenters. The van der Waals surface area contributed by atoms with Gasteiger partial charge in [-0.1, -0.05) is 88.4 Å². The van der Waals surface area contributed by atoms with E-state index in [2.05, 4.69) is 21.3 Å². The molecule has 0 spiro atoms. The van der Waals surface area contributed by atoms with Crippen LogP contribution in [0.2, 0.25) is 0 Å². The molecule has 4 N–H and O–H groups in total. The molecule has 2 aliphatic rings. The zero-order valence-electron chi connectivity index (χ0n) is 31.3. The minimum absolute atomic E-state index is 0.0171. The number of morpholine rings is 1. The average molecular weight is 720 g/mol. The van der Waals surface area contributed by atoms with E-state index in [1.54, 1.807) is 6.92 Å². The molecule has 4 amide bonds. The highest BCUT2D eigenvalue weighted by atomic mass is 16.6. The Morgan fingerprint density at radius 1 is 0.692 bits per heavy atom. The van der Waals surface area contributed by atoms with Crippen LogP contribution in [-0.2, 0) is 46.3 Å². The fourth-order valence-electron chi connectivity index (χ4n) is 6.33. The van der Waals surface area contributed by atoms with E-state index in [4.69, 9.17) is 9.47 Å². The van der Waals surface area contributed by atoms with Crippen LogP contribution >= 0.6 is 0 Å². The lowest BCUT2D eigenvalue weighted by molar-refractivity contribution is -0.135. The lowest BCUT2D eigenvalue weighted by Crippen LogP contribution is -2.59. The first-order valence-corrected chi connectivity index (χ1v) is 18.6. The van der Waals surface area contributed by atoms with Crippen molar-refractivity contribution in [3.63, 3.8) is 0 Å². The van der Waals surface area contributed by atoms with Crippen LogP contribution < -0.4 is 21.3 Å². The molecule has 0 saturated carbocycles. The van der Waals surface area contributed by atoms with Gasteiger partial charge in [0.25, 0.3) is 0 Å². The summed E-state index contributed by atoms with van der Waals surface area (Å²) in [6.45, 7) is 12.3. The van der Waals surface area contributed by atoms with Crippen LogP contribution in [0.4, 0.5) is 0 Å². The molecule has 284 valence electrons. The Hall–Kier alpha value is -4.13. The van der Waals surface area contributed by atoms with Gasteiger partial charge >= 0.3 is 0 Å². The van der Waals surface area contributed by atoms with E-state index in [0.29, 0.717) is 58.6 Å². The van der Waals surface area contributed by atoms with E-state index in [0.717, 1.165) is 11.1 Å². The third-order valence-electron chi connectivity index (χ3n) is 9.38. The molecule has 2 aromatic carbocycles. The molecule has 2 aromatic rings. The third-order valence-corrected chi connectivity index (χ3v) is 9.38. The van der Waals surface area contributed by atoms with Crippen molar-refractivity contribution in [3.05, 3.63) is 71.8 Å². The summed E-state index contributed by atoms with van der Waals surface area (Å²) in [6, 6.07) is 15.3. The van der Waals surface area contributed by atoms with Gasteiger partial charge in [-0.25, -0.2) is 0 Å². The van der Waals surface area contributed by atoms with Crippen LogP contribution in [0.15, 0.2) is 60.7 Å². The van der Waals surface area contributed by atoms with Gasteiger partial charge in [-0.3, -0.25) is 28.9 Å². The molecule has 2 heterocycles. The number of nitrogens with one attached hydrogen (secondary N) is 4. The second-order valence-corrected chi connectivity index (χ2v) is 15.0. The Morgan fingerprint density at radius 3 is 1.77 bits per heavy atom. The van der Waals surface area contributed by atoms with Gasteiger partial charge in [0.2, 0.25) is 23.6 Å². The number of amides is 4. The number of hydrogen-bond acceptors (Lipinski definition) is 8. The number of rotatable bonds is 20. The zero-order valence-corrected chi connectivity index (χ0v) is 31.3. The lowest BCUT2D eigenvalue weighted by atomic mass is 9.93. The minimum Gasteiger partial charge on any atom is -0.379 e. The van der Waals surface area contributed by atoms with Gasteiger partial charge in [0.1, 0.15) is 23.7 Å². The maximum atomic E-state index is 14.1. The Bertz CT molecular complexity index is 1480. The summed E-state index contributed by atoms with van der Waals surface area (Å²) >= 11 is 0. The van der Waals surface area contributed by atoms with Crippen molar-refractivity contribution in [1.82, 2.24) is 26.2 Å². The van der Waals surface area contributed by atoms with E-state index in [-0.39, 0.29) is 36.5 Å². The van der Waals surface area contributed by atoms with Crippen LogP contribution in [0, 0.1) is 11.8 Å². The van der Waals surface area contributed by atoms with Crippen molar-refractivity contribution < 1.29 is 33.4 Å². The molecule has 0 aliphatic carbocycles. The normalized spacial score (nSPS) is 19.6. The molecule has 0 radical (unpaired) electrons. The molecule has 52 heavy (non-hydrogen) atoms. The Kier molecular flexibility index (Phi) is 15.3. The maximum absolute atomic E-state index is 14.1. The number of nitrogens with zero attached hydrogens (tertiary/aromatic N) is 1. The molecule has 4 unspecified atom stereocenters. The molecule has 2 aliphatic heterocycles. The SMILES string of the molecule is CC(C)CC(NC(=O)C(CCc1ccccc1)NC(=O)CN1CCOCC1)C(=O)NC(Cc1ccccc1)C(=O)NC(CC(C)C)C(=O)[C@]1(C)CO1. The summed E-state index contributed by atoms with van der Waals surface area (Å²) in [4.78, 5) is 70.5. The predicted octanol–water partition coefficient (Wildman–Crippen LogP) is 2.58. The molecular weight excluding hydrogens is 662 g/mol. The Labute approximate surface area is 308 Å². The third kappa shape index (κ3) is 13.1. The van der Waals surface area contributed by atoms with Crippen LogP contribution in [0.5, 0.6) is 0 Å². The Balaban J connectivity index is 1.51. The summed E-state index contributed by atoms with van der Waals surface area (Å²) in [7, 11) is 0. The summed E-state index contributed by atoms with van der Waals surface area (Å²) in [5.74, 6) is -1.83. The second-order valence-electron chi connectivity index (χ2n) is 15.0. The van der Waals surface area contributed by atoms with Crippen molar-refractivity contribution >= 4 is 29.4 Å². The standard InChI is InChI=1S/C40H57N5O7/c1-27(2)22-32(36(47)40(5)26-52-40)42-39(50)34(24-30-14-10-7-11-15-30)44-38(49)33(23-28(3)4)43-37(48)31(17-16-29-12-8-6-9-13-29)41-35(46)25-45-18-20-51-21-19-45/h6-15,27-28,31-34H,16-26H2,1-5H3,(H,41,46)(H,42,50)(H,43,48)(H,44,49)/t31?,32?,33?,34?,40-/m0/s1.